The van der Waals surface area contributed by atoms with Gasteiger partial charge < -0.3 is 0 Å². The van der Waals surface area contributed by atoms with Crippen LogP contribution in [0.25, 0.3) is 33.4 Å². The molecule has 0 saturated heterocycles. The SMILES string of the molecule is Cc1ccc(-c2ccc(-c3ccccc3)cc2)cc1.Cc1ccc(-c2ccc(C)cc2)cc1.Cc1ccc(C)cc1. The maximum Gasteiger partial charge on any atom is -0.0184 e. The van der Waals surface area contributed by atoms with Crippen molar-refractivity contribution in [3.8, 4) is 33.4 Å². The van der Waals surface area contributed by atoms with Gasteiger partial charge in [-0.3, -0.25) is 0 Å². The van der Waals surface area contributed by atoms with Gasteiger partial charge in [-0.2, -0.15) is 0 Å². The molecular formula is C41H40. The van der Waals surface area contributed by atoms with Gasteiger partial charge in [-0.1, -0.05) is 179 Å². The first-order valence-corrected chi connectivity index (χ1v) is 14.3. The molecule has 0 nitrogen and oxygen atoms in total. The Morgan fingerprint density at radius 2 is 0.366 bits per heavy atom. The molecule has 6 rings (SSSR count). The van der Waals surface area contributed by atoms with E-state index >= 15 is 0 Å². The number of hydrogen-bond acceptors (Lipinski definition) is 0. The van der Waals surface area contributed by atoms with E-state index in [0.29, 0.717) is 0 Å². The summed E-state index contributed by atoms with van der Waals surface area (Å²) in [6.45, 7) is 10.5. The quantitative estimate of drug-likeness (QED) is 0.213. The highest BCUT2D eigenvalue weighted by atomic mass is 14.0. The molecule has 204 valence electrons. The van der Waals surface area contributed by atoms with Crippen molar-refractivity contribution in [2.75, 3.05) is 0 Å². The second-order valence-corrected chi connectivity index (χ2v) is 10.7. The zero-order valence-corrected chi connectivity index (χ0v) is 24.9. The van der Waals surface area contributed by atoms with Crippen molar-refractivity contribution in [1.29, 1.82) is 0 Å². The van der Waals surface area contributed by atoms with Gasteiger partial charge in [-0.15, -0.1) is 0 Å². The highest BCUT2D eigenvalue weighted by Crippen LogP contribution is 2.25. The van der Waals surface area contributed by atoms with Crippen LogP contribution < -0.4 is 0 Å². The van der Waals surface area contributed by atoms with Crippen LogP contribution in [0.1, 0.15) is 27.8 Å². The topological polar surface area (TPSA) is 0 Å². The molecule has 0 aliphatic rings. The van der Waals surface area contributed by atoms with Crippen LogP contribution in [-0.2, 0) is 0 Å². The minimum absolute atomic E-state index is 1.26. The van der Waals surface area contributed by atoms with E-state index in [1.54, 1.807) is 0 Å². The third-order valence-corrected chi connectivity index (χ3v) is 7.03. The van der Waals surface area contributed by atoms with Gasteiger partial charge in [-0.25, -0.2) is 0 Å². The molecule has 0 aliphatic carbocycles. The molecule has 0 amide bonds. The molecule has 0 radical (unpaired) electrons. The van der Waals surface area contributed by atoms with Crippen LogP contribution in [-0.4, -0.2) is 0 Å². The van der Waals surface area contributed by atoms with Crippen LogP contribution in [0.15, 0.2) is 152 Å². The van der Waals surface area contributed by atoms with E-state index in [9.17, 15) is 0 Å². The summed E-state index contributed by atoms with van der Waals surface area (Å²) in [6.07, 6.45) is 0. The van der Waals surface area contributed by atoms with Crippen LogP contribution in [0.3, 0.4) is 0 Å². The van der Waals surface area contributed by atoms with Crippen molar-refractivity contribution in [3.63, 3.8) is 0 Å². The molecule has 0 aromatic heterocycles. The first-order valence-electron chi connectivity index (χ1n) is 14.3. The lowest BCUT2D eigenvalue weighted by atomic mass is 10.00. The third kappa shape index (κ3) is 9.19. The molecule has 41 heavy (non-hydrogen) atoms. The molecule has 0 heteroatoms. The fraction of sp³-hybridized carbons (Fsp3) is 0.122. The average Bonchev–Trinajstić information content (AvgIpc) is 3.01. The first kappa shape index (κ1) is 29.3. The predicted molar refractivity (Wildman–Crippen MR) is 179 cm³/mol. The lowest BCUT2D eigenvalue weighted by Crippen LogP contribution is -1.80. The van der Waals surface area contributed by atoms with Crippen molar-refractivity contribution in [1.82, 2.24) is 0 Å². The molecular weight excluding hydrogens is 492 g/mol. The Morgan fingerprint density at radius 3 is 0.610 bits per heavy atom. The predicted octanol–water partition coefficient (Wildman–Crippen LogP) is 11.6. The molecule has 0 bridgehead atoms. The number of benzene rings is 6. The molecule has 0 spiro atoms. The number of aryl methyl sites for hydroxylation is 5. The van der Waals surface area contributed by atoms with Gasteiger partial charge in [0.1, 0.15) is 0 Å². The molecule has 0 saturated carbocycles. The Hall–Kier alpha value is -4.68. The van der Waals surface area contributed by atoms with E-state index in [2.05, 4.69) is 180 Å². The summed E-state index contributed by atoms with van der Waals surface area (Å²) in [5, 5.41) is 0. The Kier molecular flexibility index (Phi) is 10.5. The average molecular weight is 533 g/mol. The molecule has 0 aliphatic heterocycles. The van der Waals surface area contributed by atoms with Gasteiger partial charge in [0.2, 0.25) is 0 Å². The Morgan fingerprint density at radius 1 is 0.195 bits per heavy atom. The molecule has 0 fully saturated rings. The van der Waals surface area contributed by atoms with Crippen LogP contribution in [0.5, 0.6) is 0 Å². The van der Waals surface area contributed by atoms with E-state index in [4.69, 9.17) is 0 Å². The highest BCUT2D eigenvalue weighted by molar-refractivity contribution is 5.70. The summed E-state index contributed by atoms with van der Waals surface area (Å²) in [7, 11) is 0. The van der Waals surface area contributed by atoms with Crippen molar-refractivity contribution < 1.29 is 0 Å². The van der Waals surface area contributed by atoms with Crippen molar-refractivity contribution >= 4 is 0 Å². The van der Waals surface area contributed by atoms with Crippen LogP contribution >= 0.6 is 0 Å². The Bertz CT molecular complexity index is 1520. The summed E-state index contributed by atoms with van der Waals surface area (Å²) in [6, 6.07) is 53.6. The smallest absolute Gasteiger partial charge is 0.0184 e. The Labute approximate surface area is 247 Å². The van der Waals surface area contributed by atoms with E-state index in [-0.39, 0.29) is 0 Å². The molecule has 0 heterocycles. The van der Waals surface area contributed by atoms with Gasteiger partial charge in [0.15, 0.2) is 0 Å². The molecule has 0 N–H and O–H groups in total. The second-order valence-electron chi connectivity index (χ2n) is 10.7. The standard InChI is InChI=1S/C19H16.C14H14.C8H10/c1-15-7-9-17(10-8-15)19-13-11-18(12-14-19)16-5-3-2-4-6-16;1-11-3-7-13(8-4-11)14-9-5-12(2)6-10-14;1-7-3-5-8(2)6-4-7/h2-14H,1H3;3-10H,1-2H3;3-6H,1-2H3. The van der Waals surface area contributed by atoms with Crippen LogP contribution in [0, 0.1) is 34.6 Å². The molecule has 6 aromatic carbocycles. The zero-order valence-electron chi connectivity index (χ0n) is 24.9. The summed E-state index contributed by atoms with van der Waals surface area (Å²) in [5.74, 6) is 0. The van der Waals surface area contributed by atoms with Gasteiger partial charge in [0.05, 0.1) is 0 Å². The van der Waals surface area contributed by atoms with E-state index in [1.165, 1.54) is 61.2 Å². The van der Waals surface area contributed by atoms with Crippen molar-refractivity contribution in [2.45, 2.75) is 34.6 Å². The molecule has 0 unspecified atom stereocenters. The fourth-order valence-electron chi connectivity index (χ4n) is 4.36. The van der Waals surface area contributed by atoms with Gasteiger partial charge in [0, 0.05) is 0 Å². The molecule has 6 aromatic rings. The van der Waals surface area contributed by atoms with Gasteiger partial charge in [-0.05, 0) is 68.0 Å². The maximum atomic E-state index is 2.19. The lowest BCUT2D eigenvalue weighted by molar-refractivity contribution is 1.40. The van der Waals surface area contributed by atoms with Gasteiger partial charge >= 0.3 is 0 Å². The van der Waals surface area contributed by atoms with Crippen LogP contribution in [0.4, 0.5) is 0 Å². The summed E-state index contributed by atoms with van der Waals surface area (Å²) in [5.41, 5.74) is 14.2. The van der Waals surface area contributed by atoms with Crippen LogP contribution in [0.2, 0.25) is 0 Å². The van der Waals surface area contributed by atoms with Gasteiger partial charge in [0.25, 0.3) is 0 Å². The lowest BCUT2D eigenvalue weighted by Gasteiger charge is -2.05. The minimum Gasteiger partial charge on any atom is -0.0622 e. The largest absolute Gasteiger partial charge is 0.0622 e. The summed E-state index contributed by atoms with van der Waals surface area (Å²) >= 11 is 0. The van der Waals surface area contributed by atoms with Crippen molar-refractivity contribution in [3.05, 3.63) is 179 Å². The van der Waals surface area contributed by atoms with E-state index < -0.39 is 0 Å². The number of hydrogen-bond donors (Lipinski definition) is 0. The fourth-order valence-corrected chi connectivity index (χ4v) is 4.36. The third-order valence-electron chi connectivity index (χ3n) is 7.03. The monoisotopic (exact) mass is 532 g/mol. The van der Waals surface area contributed by atoms with E-state index in [0.717, 1.165) is 0 Å². The second kappa shape index (κ2) is 14.6. The summed E-state index contributed by atoms with van der Waals surface area (Å²) < 4.78 is 0. The first-order chi connectivity index (χ1) is 19.9. The highest BCUT2D eigenvalue weighted by Gasteiger charge is 2.00. The minimum atomic E-state index is 1.26. The maximum absolute atomic E-state index is 2.19. The van der Waals surface area contributed by atoms with E-state index in [1.807, 2.05) is 6.07 Å². The van der Waals surface area contributed by atoms with Crippen molar-refractivity contribution in [2.24, 2.45) is 0 Å². The zero-order chi connectivity index (χ0) is 29.0. The Balaban J connectivity index is 0.000000154. The number of rotatable bonds is 3. The molecule has 0 atom stereocenters. The summed E-state index contributed by atoms with van der Waals surface area (Å²) in [4.78, 5) is 0. The normalized spacial score (nSPS) is 10.1.